The molecule has 1 saturated heterocycles. The summed E-state index contributed by atoms with van der Waals surface area (Å²) < 4.78 is 0. The number of amides is 3. The number of unbranched alkanes of at least 4 members (excludes halogenated alkanes) is 2. The highest BCUT2D eigenvalue weighted by atomic mass is 79.9. The van der Waals surface area contributed by atoms with Crippen LogP contribution in [-0.4, -0.2) is 34.3 Å². The minimum absolute atomic E-state index is 0.0844. The van der Waals surface area contributed by atoms with E-state index in [1.54, 1.807) is 6.92 Å². The van der Waals surface area contributed by atoms with E-state index in [4.69, 9.17) is 0 Å². The van der Waals surface area contributed by atoms with Gasteiger partial charge in [-0.25, -0.2) is 4.79 Å². The Balaban J connectivity index is 2.48. The zero-order valence-corrected chi connectivity index (χ0v) is 11.5. The first kappa shape index (κ1) is 13.5. The molecular formula is C11H19BrN2O2. The van der Waals surface area contributed by atoms with Crippen molar-refractivity contribution in [2.45, 2.75) is 45.1 Å². The molecule has 16 heavy (non-hydrogen) atoms. The number of imide groups is 1. The van der Waals surface area contributed by atoms with Crippen LogP contribution in [0.1, 0.15) is 39.5 Å². The van der Waals surface area contributed by atoms with E-state index in [-0.39, 0.29) is 11.9 Å². The summed E-state index contributed by atoms with van der Waals surface area (Å²) in [6.07, 6.45) is 3.62. The van der Waals surface area contributed by atoms with Crippen molar-refractivity contribution in [1.29, 1.82) is 0 Å². The van der Waals surface area contributed by atoms with Crippen molar-refractivity contribution in [1.82, 2.24) is 10.2 Å². The van der Waals surface area contributed by atoms with E-state index in [0.29, 0.717) is 13.0 Å². The van der Waals surface area contributed by atoms with Crippen molar-refractivity contribution >= 4 is 27.9 Å². The Kier molecular flexibility index (Phi) is 4.77. The molecule has 0 radical (unpaired) electrons. The molecule has 1 atom stereocenters. The third-order valence-electron chi connectivity index (χ3n) is 3.07. The second kappa shape index (κ2) is 5.66. The number of hydrogen-bond donors (Lipinski definition) is 1. The average Bonchev–Trinajstić information content (AvgIpc) is 2.48. The molecule has 0 aromatic heterocycles. The van der Waals surface area contributed by atoms with Crippen LogP contribution in [0.4, 0.5) is 4.79 Å². The Hall–Kier alpha value is -0.580. The van der Waals surface area contributed by atoms with Gasteiger partial charge in [-0.15, -0.1) is 0 Å². The molecule has 1 rings (SSSR count). The summed E-state index contributed by atoms with van der Waals surface area (Å²) in [5, 5.41) is 3.72. The quantitative estimate of drug-likeness (QED) is 0.463. The Labute approximate surface area is 105 Å². The van der Waals surface area contributed by atoms with E-state index >= 15 is 0 Å². The second-order valence-electron chi connectivity index (χ2n) is 4.32. The molecule has 1 fully saturated rings. The maximum absolute atomic E-state index is 12.0. The van der Waals surface area contributed by atoms with Crippen LogP contribution in [0.15, 0.2) is 0 Å². The zero-order valence-electron chi connectivity index (χ0n) is 9.88. The third-order valence-corrected chi connectivity index (χ3v) is 3.63. The van der Waals surface area contributed by atoms with Crippen molar-refractivity contribution in [3.63, 3.8) is 0 Å². The number of nitrogens with zero attached hydrogens (tertiary/aromatic N) is 1. The van der Waals surface area contributed by atoms with Gasteiger partial charge in [0.25, 0.3) is 5.91 Å². The molecule has 0 aliphatic carbocycles. The summed E-state index contributed by atoms with van der Waals surface area (Å²) in [4.78, 5) is 24.9. The molecule has 0 bridgehead atoms. The number of rotatable bonds is 6. The monoisotopic (exact) mass is 290 g/mol. The van der Waals surface area contributed by atoms with E-state index < -0.39 is 5.54 Å². The predicted molar refractivity (Wildman–Crippen MR) is 66.6 cm³/mol. The molecule has 92 valence electrons. The number of carbonyl (C=O) groups excluding carboxylic acids is 2. The molecule has 0 saturated carbocycles. The molecule has 1 unspecified atom stereocenters. The van der Waals surface area contributed by atoms with Crippen LogP contribution < -0.4 is 5.32 Å². The summed E-state index contributed by atoms with van der Waals surface area (Å²) in [6.45, 7) is 4.23. The first-order valence-electron chi connectivity index (χ1n) is 5.75. The van der Waals surface area contributed by atoms with Gasteiger partial charge < -0.3 is 5.32 Å². The Morgan fingerprint density at radius 3 is 2.50 bits per heavy atom. The molecule has 0 aromatic rings. The lowest BCUT2D eigenvalue weighted by atomic mass is 9.99. The third kappa shape index (κ3) is 2.75. The number of urea groups is 1. The Morgan fingerprint density at radius 1 is 1.31 bits per heavy atom. The van der Waals surface area contributed by atoms with Crippen LogP contribution in [0.3, 0.4) is 0 Å². The zero-order chi connectivity index (χ0) is 12.2. The van der Waals surface area contributed by atoms with Crippen LogP contribution in [0.2, 0.25) is 0 Å². The lowest BCUT2D eigenvalue weighted by molar-refractivity contribution is -0.130. The van der Waals surface area contributed by atoms with E-state index in [2.05, 4.69) is 21.2 Å². The number of alkyl halides is 1. The smallest absolute Gasteiger partial charge is 0.323 e. The largest absolute Gasteiger partial charge is 0.325 e. The van der Waals surface area contributed by atoms with Gasteiger partial charge >= 0.3 is 6.03 Å². The summed E-state index contributed by atoms with van der Waals surface area (Å²) in [5.41, 5.74) is -0.688. The molecule has 4 nitrogen and oxygen atoms in total. The van der Waals surface area contributed by atoms with Crippen LogP contribution in [0.5, 0.6) is 0 Å². The van der Waals surface area contributed by atoms with Gasteiger partial charge in [0, 0.05) is 11.9 Å². The van der Waals surface area contributed by atoms with Crippen molar-refractivity contribution in [3.05, 3.63) is 0 Å². The standard InChI is InChI=1S/C11H19BrN2O2/c1-3-11(2)9(15)14(10(16)13-11)8-6-4-5-7-12/h3-8H2,1-2H3,(H,13,16). The molecule has 5 heteroatoms. The normalized spacial score (nSPS) is 25.1. The van der Waals surface area contributed by atoms with E-state index in [9.17, 15) is 9.59 Å². The van der Waals surface area contributed by atoms with Gasteiger partial charge in [0.15, 0.2) is 0 Å². The van der Waals surface area contributed by atoms with E-state index in [1.165, 1.54) is 4.90 Å². The van der Waals surface area contributed by atoms with Gasteiger partial charge in [-0.05, 0) is 26.2 Å². The first-order valence-corrected chi connectivity index (χ1v) is 6.87. The van der Waals surface area contributed by atoms with Crippen LogP contribution >= 0.6 is 15.9 Å². The summed E-state index contributed by atoms with van der Waals surface area (Å²) >= 11 is 3.36. The SMILES string of the molecule is CCC1(C)NC(=O)N(CCCCCBr)C1=O. The van der Waals surface area contributed by atoms with Gasteiger partial charge in [0.05, 0.1) is 0 Å². The molecule has 3 amide bonds. The first-order chi connectivity index (χ1) is 7.55. The highest BCUT2D eigenvalue weighted by Gasteiger charge is 2.45. The van der Waals surface area contributed by atoms with Crippen LogP contribution in [-0.2, 0) is 4.79 Å². The van der Waals surface area contributed by atoms with Crippen LogP contribution in [0.25, 0.3) is 0 Å². The van der Waals surface area contributed by atoms with E-state index in [1.807, 2.05) is 6.92 Å². The number of halogens is 1. The average molecular weight is 291 g/mol. The van der Waals surface area contributed by atoms with Crippen molar-refractivity contribution in [3.8, 4) is 0 Å². The topological polar surface area (TPSA) is 49.4 Å². The number of hydrogen-bond acceptors (Lipinski definition) is 2. The lowest BCUT2D eigenvalue weighted by Crippen LogP contribution is -2.43. The lowest BCUT2D eigenvalue weighted by Gasteiger charge is -2.19. The fourth-order valence-electron chi connectivity index (χ4n) is 1.73. The molecule has 1 aliphatic heterocycles. The predicted octanol–water partition coefficient (Wildman–Crippen LogP) is 2.27. The summed E-state index contributed by atoms with van der Waals surface area (Å²) in [6, 6.07) is -0.242. The molecule has 1 aliphatic rings. The molecule has 0 spiro atoms. The molecular weight excluding hydrogens is 272 g/mol. The number of nitrogens with one attached hydrogen (secondary N) is 1. The van der Waals surface area contributed by atoms with Gasteiger partial charge in [0.2, 0.25) is 0 Å². The van der Waals surface area contributed by atoms with Gasteiger partial charge in [-0.2, -0.15) is 0 Å². The molecule has 1 N–H and O–H groups in total. The minimum atomic E-state index is -0.688. The molecule has 0 aromatic carbocycles. The van der Waals surface area contributed by atoms with Crippen molar-refractivity contribution in [2.24, 2.45) is 0 Å². The fourth-order valence-corrected chi connectivity index (χ4v) is 2.13. The second-order valence-corrected chi connectivity index (χ2v) is 5.12. The highest BCUT2D eigenvalue weighted by Crippen LogP contribution is 2.21. The maximum Gasteiger partial charge on any atom is 0.325 e. The Morgan fingerprint density at radius 2 is 2.00 bits per heavy atom. The van der Waals surface area contributed by atoms with Gasteiger partial charge in [-0.1, -0.05) is 29.3 Å². The highest BCUT2D eigenvalue weighted by molar-refractivity contribution is 9.09. The molecule has 1 heterocycles. The minimum Gasteiger partial charge on any atom is -0.323 e. The maximum atomic E-state index is 12.0. The summed E-state index contributed by atoms with van der Waals surface area (Å²) in [5.74, 6) is -0.0844. The fraction of sp³-hybridized carbons (Fsp3) is 0.818. The van der Waals surface area contributed by atoms with Gasteiger partial charge in [-0.3, -0.25) is 9.69 Å². The summed E-state index contributed by atoms with van der Waals surface area (Å²) in [7, 11) is 0. The van der Waals surface area contributed by atoms with E-state index in [0.717, 1.165) is 24.6 Å². The van der Waals surface area contributed by atoms with Crippen molar-refractivity contribution in [2.75, 3.05) is 11.9 Å². The number of carbonyl (C=O) groups is 2. The van der Waals surface area contributed by atoms with Crippen LogP contribution in [0, 0.1) is 0 Å². The van der Waals surface area contributed by atoms with Crippen molar-refractivity contribution < 1.29 is 9.59 Å². The van der Waals surface area contributed by atoms with Gasteiger partial charge in [0.1, 0.15) is 5.54 Å². The Bertz CT molecular complexity index is 283.